The zero-order valence-corrected chi connectivity index (χ0v) is 6.90. The van der Waals surface area contributed by atoms with Gasteiger partial charge in [0, 0.05) is 19.4 Å². The van der Waals surface area contributed by atoms with Gasteiger partial charge in [0.1, 0.15) is 11.8 Å². The van der Waals surface area contributed by atoms with Crippen LogP contribution in [0.1, 0.15) is 12.8 Å². The number of hydrogen-bond acceptors (Lipinski definition) is 3. The van der Waals surface area contributed by atoms with Crippen LogP contribution in [0.25, 0.3) is 0 Å². The quantitative estimate of drug-likeness (QED) is 0.558. The Balaban J connectivity index is 2.77. The van der Waals surface area contributed by atoms with E-state index in [1.165, 1.54) is 0 Å². The molecule has 3 N–H and O–H groups in total. The molecule has 0 radical (unpaired) electrons. The number of Topliss-reactive ketones (excluding diaryl/α,β-unsaturated/α-hetero) is 1. The van der Waals surface area contributed by atoms with Gasteiger partial charge in [0.15, 0.2) is 0 Å². The Kier molecular flexibility index (Phi) is 2.50. The average molecular weight is 186 g/mol. The van der Waals surface area contributed by atoms with E-state index in [1.54, 1.807) is 0 Å². The van der Waals surface area contributed by atoms with Gasteiger partial charge in [-0.2, -0.15) is 0 Å². The summed E-state index contributed by atoms with van der Waals surface area (Å²) in [5.74, 6) is -0.892. The fraction of sp³-hybridized carbons (Fsp3) is 0.571. The van der Waals surface area contributed by atoms with Crippen molar-refractivity contribution in [1.82, 2.24) is 4.90 Å². The maximum absolute atomic E-state index is 10.9. The molecule has 0 bridgehead atoms. The first kappa shape index (κ1) is 9.50. The molecule has 0 aliphatic carbocycles. The lowest BCUT2D eigenvalue weighted by atomic mass is 10.0. The number of nitrogens with zero attached hydrogens (tertiary/aromatic N) is 1. The van der Waals surface area contributed by atoms with E-state index in [0.717, 1.165) is 4.90 Å². The smallest absolute Gasteiger partial charge is 0.408 e. The minimum Gasteiger partial charge on any atom is -0.465 e. The summed E-state index contributed by atoms with van der Waals surface area (Å²) in [4.78, 5) is 33.2. The zero-order valence-electron chi connectivity index (χ0n) is 6.90. The van der Waals surface area contributed by atoms with Gasteiger partial charge in [0.25, 0.3) is 0 Å². The van der Waals surface area contributed by atoms with Gasteiger partial charge < -0.3 is 10.8 Å². The topological polar surface area (TPSA) is 101 Å². The van der Waals surface area contributed by atoms with Crippen LogP contribution in [0.2, 0.25) is 0 Å². The van der Waals surface area contributed by atoms with Gasteiger partial charge >= 0.3 is 6.09 Å². The number of primary amides is 1. The number of carbonyl (C=O) groups excluding carboxylic acids is 2. The molecule has 1 aliphatic rings. The van der Waals surface area contributed by atoms with Crippen molar-refractivity contribution in [2.24, 2.45) is 5.73 Å². The van der Waals surface area contributed by atoms with Crippen LogP contribution < -0.4 is 5.73 Å². The van der Waals surface area contributed by atoms with Crippen molar-refractivity contribution in [3.63, 3.8) is 0 Å². The van der Waals surface area contributed by atoms with Gasteiger partial charge in [-0.3, -0.25) is 14.5 Å². The second-order valence-corrected chi connectivity index (χ2v) is 2.89. The van der Waals surface area contributed by atoms with E-state index >= 15 is 0 Å². The lowest BCUT2D eigenvalue weighted by Crippen LogP contribution is -2.52. The number of rotatable bonds is 1. The number of carbonyl (C=O) groups is 3. The summed E-state index contributed by atoms with van der Waals surface area (Å²) in [5.41, 5.74) is 4.96. The maximum atomic E-state index is 10.9. The van der Waals surface area contributed by atoms with Crippen molar-refractivity contribution < 1.29 is 19.5 Å². The molecule has 1 heterocycles. The molecule has 0 unspecified atom stereocenters. The fourth-order valence-electron chi connectivity index (χ4n) is 1.31. The van der Waals surface area contributed by atoms with Crippen LogP contribution in [-0.4, -0.2) is 40.4 Å². The Morgan fingerprint density at radius 3 is 2.62 bits per heavy atom. The molecule has 1 atom stereocenters. The van der Waals surface area contributed by atoms with Gasteiger partial charge in [-0.1, -0.05) is 0 Å². The highest BCUT2D eigenvalue weighted by atomic mass is 16.4. The second kappa shape index (κ2) is 3.42. The Bertz CT molecular complexity index is 263. The van der Waals surface area contributed by atoms with Crippen molar-refractivity contribution in [1.29, 1.82) is 0 Å². The third-order valence-electron chi connectivity index (χ3n) is 2.00. The first-order valence-corrected chi connectivity index (χ1v) is 3.83. The summed E-state index contributed by atoms with van der Waals surface area (Å²) in [6, 6.07) is -0.987. The zero-order chi connectivity index (χ0) is 10.0. The summed E-state index contributed by atoms with van der Waals surface area (Å²) in [6.07, 6.45) is -1.14. The van der Waals surface area contributed by atoms with E-state index in [-0.39, 0.29) is 25.2 Å². The minimum atomic E-state index is -1.21. The molecule has 72 valence electrons. The molecule has 0 aromatic heterocycles. The molecule has 0 aromatic carbocycles. The monoisotopic (exact) mass is 186 g/mol. The summed E-state index contributed by atoms with van der Waals surface area (Å²) in [5, 5.41) is 8.65. The van der Waals surface area contributed by atoms with Crippen LogP contribution in [0.15, 0.2) is 0 Å². The highest BCUT2D eigenvalue weighted by Gasteiger charge is 2.33. The average Bonchev–Trinajstić information content (AvgIpc) is 2.03. The van der Waals surface area contributed by atoms with Crippen LogP contribution in [0.4, 0.5) is 4.79 Å². The molecule has 1 fully saturated rings. The van der Waals surface area contributed by atoms with Crippen LogP contribution >= 0.6 is 0 Å². The third kappa shape index (κ3) is 1.95. The standard InChI is InChI=1S/C7H10N2O4/c8-6(11)5-3-4(10)1-2-9(5)7(12)13/h5H,1-3H2,(H2,8,11)(H,12,13)/t5-/m0/s1. The second-order valence-electron chi connectivity index (χ2n) is 2.89. The number of ketones is 1. The molecular weight excluding hydrogens is 176 g/mol. The lowest BCUT2D eigenvalue weighted by molar-refractivity contribution is -0.131. The molecule has 6 heteroatoms. The van der Waals surface area contributed by atoms with Gasteiger partial charge in [-0.25, -0.2) is 4.79 Å². The van der Waals surface area contributed by atoms with E-state index in [4.69, 9.17) is 10.8 Å². The minimum absolute atomic E-state index is 0.0573. The van der Waals surface area contributed by atoms with E-state index < -0.39 is 18.0 Å². The maximum Gasteiger partial charge on any atom is 0.408 e. The molecule has 0 spiro atoms. The van der Waals surface area contributed by atoms with Crippen molar-refractivity contribution in [3.8, 4) is 0 Å². The fourth-order valence-corrected chi connectivity index (χ4v) is 1.31. The predicted molar refractivity (Wildman–Crippen MR) is 42.0 cm³/mol. The lowest BCUT2D eigenvalue weighted by Gasteiger charge is -2.30. The number of nitrogens with two attached hydrogens (primary N) is 1. The van der Waals surface area contributed by atoms with Gasteiger partial charge in [0.2, 0.25) is 5.91 Å². The number of amides is 2. The largest absolute Gasteiger partial charge is 0.465 e. The summed E-state index contributed by atoms with van der Waals surface area (Å²) in [7, 11) is 0. The van der Waals surface area contributed by atoms with E-state index in [0.29, 0.717) is 0 Å². The molecule has 0 saturated carbocycles. The Morgan fingerprint density at radius 1 is 1.54 bits per heavy atom. The first-order chi connectivity index (χ1) is 6.02. The van der Waals surface area contributed by atoms with Crippen molar-refractivity contribution in [2.75, 3.05) is 6.54 Å². The van der Waals surface area contributed by atoms with Crippen LogP contribution in [0.5, 0.6) is 0 Å². The molecule has 13 heavy (non-hydrogen) atoms. The van der Waals surface area contributed by atoms with Crippen molar-refractivity contribution in [2.45, 2.75) is 18.9 Å². The normalized spacial score (nSPS) is 22.9. The van der Waals surface area contributed by atoms with Crippen molar-refractivity contribution >= 4 is 17.8 Å². The first-order valence-electron chi connectivity index (χ1n) is 3.83. The molecule has 1 saturated heterocycles. The third-order valence-corrected chi connectivity index (χ3v) is 2.00. The van der Waals surface area contributed by atoms with E-state index in [2.05, 4.69) is 0 Å². The number of carboxylic acid groups (broad SMARTS) is 1. The molecule has 0 aromatic rings. The van der Waals surface area contributed by atoms with Gasteiger partial charge in [0.05, 0.1) is 0 Å². The highest BCUT2D eigenvalue weighted by molar-refractivity contribution is 5.92. The van der Waals surface area contributed by atoms with E-state index in [9.17, 15) is 14.4 Å². The Labute approximate surface area is 74.3 Å². The molecule has 6 nitrogen and oxygen atoms in total. The van der Waals surface area contributed by atoms with E-state index in [1.807, 2.05) is 0 Å². The van der Waals surface area contributed by atoms with Crippen LogP contribution in [0, 0.1) is 0 Å². The summed E-state index contributed by atoms with van der Waals surface area (Å²) in [6.45, 7) is 0.0573. The SMILES string of the molecule is NC(=O)[C@@H]1CC(=O)CCN1C(=O)O. The number of likely N-dealkylation sites (tertiary alicyclic amines) is 1. The Hall–Kier alpha value is -1.59. The number of piperidine rings is 1. The highest BCUT2D eigenvalue weighted by Crippen LogP contribution is 2.13. The van der Waals surface area contributed by atoms with Crippen molar-refractivity contribution in [3.05, 3.63) is 0 Å². The number of hydrogen-bond donors (Lipinski definition) is 2. The predicted octanol–water partition coefficient (Wildman–Crippen LogP) is -0.817. The molecule has 1 aliphatic heterocycles. The van der Waals surface area contributed by atoms with Gasteiger partial charge in [-0.15, -0.1) is 0 Å². The van der Waals surface area contributed by atoms with Crippen LogP contribution in [0.3, 0.4) is 0 Å². The Morgan fingerprint density at radius 2 is 2.15 bits per heavy atom. The van der Waals surface area contributed by atoms with Crippen LogP contribution in [-0.2, 0) is 9.59 Å². The molecule has 2 amide bonds. The summed E-state index contributed by atoms with van der Waals surface area (Å²) >= 11 is 0. The molecular formula is C7H10N2O4. The van der Waals surface area contributed by atoms with Gasteiger partial charge in [-0.05, 0) is 0 Å². The summed E-state index contributed by atoms with van der Waals surface area (Å²) < 4.78 is 0. The molecule has 1 rings (SSSR count).